The van der Waals surface area contributed by atoms with Gasteiger partial charge in [-0.05, 0) is 45.1 Å². The quantitative estimate of drug-likeness (QED) is 0.546. The molecule has 9 heteroatoms. The highest BCUT2D eigenvalue weighted by molar-refractivity contribution is 5.72. The van der Waals surface area contributed by atoms with Crippen LogP contribution in [0.5, 0.6) is 0 Å². The zero-order valence-corrected chi connectivity index (χ0v) is 19.1. The molecule has 2 aliphatic carbocycles. The third-order valence-electron chi connectivity index (χ3n) is 6.50. The number of aromatic amines is 1. The number of anilines is 2. The fourth-order valence-electron chi connectivity index (χ4n) is 4.19. The van der Waals surface area contributed by atoms with Gasteiger partial charge in [0.25, 0.3) is 0 Å². The largest absolute Gasteiger partial charge is 0.446 e. The van der Waals surface area contributed by atoms with Crippen LogP contribution in [0.1, 0.15) is 77.1 Å². The molecule has 2 unspecified atom stereocenters. The van der Waals surface area contributed by atoms with Crippen LogP contribution in [0.3, 0.4) is 0 Å². The van der Waals surface area contributed by atoms with Crippen molar-refractivity contribution >= 4 is 23.2 Å². The lowest BCUT2D eigenvalue weighted by Crippen LogP contribution is -2.36. The molecule has 1 amide bonds. The molecule has 9 nitrogen and oxygen atoms in total. The molecule has 2 atom stereocenters. The van der Waals surface area contributed by atoms with Gasteiger partial charge in [-0.1, -0.05) is 20.8 Å². The molecule has 32 heavy (non-hydrogen) atoms. The van der Waals surface area contributed by atoms with Crippen molar-refractivity contribution in [2.45, 2.75) is 82.8 Å². The Morgan fingerprint density at radius 3 is 2.84 bits per heavy atom. The van der Waals surface area contributed by atoms with Crippen LogP contribution in [-0.2, 0) is 10.2 Å². The molecule has 0 radical (unpaired) electrons. The van der Waals surface area contributed by atoms with Crippen LogP contribution in [0, 0.1) is 0 Å². The summed E-state index contributed by atoms with van der Waals surface area (Å²) >= 11 is 0. The maximum atomic E-state index is 12.1. The first-order chi connectivity index (χ1) is 15.2. The Bertz CT molecular complexity index is 1140. The molecule has 0 aromatic carbocycles. The molecule has 3 aromatic rings. The van der Waals surface area contributed by atoms with Crippen molar-refractivity contribution in [1.29, 1.82) is 0 Å². The number of alkyl carbamates (subject to hydrolysis) is 1. The van der Waals surface area contributed by atoms with Gasteiger partial charge < -0.3 is 15.4 Å². The summed E-state index contributed by atoms with van der Waals surface area (Å²) in [5.41, 5.74) is 2.86. The molecule has 0 bridgehead atoms. The molecule has 3 heterocycles. The second-order valence-corrected chi connectivity index (χ2v) is 10.4. The average Bonchev–Trinajstić information content (AvgIpc) is 3.17. The zero-order chi connectivity index (χ0) is 22.5. The van der Waals surface area contributed by atoms with Crippen molar-refractivity contribution in [3.63, 3.8) is 0 Å². The van der Waals surface area contributed by atoms with Gasteiger partial charge in [0, 0.05) is 41.0 Å². The number of fused-ring (bicyclic) bond motifs is 1. The predicted octanol–water partition coefficient (Wildman–Crippen LogP) is 4.41. The van der Waals surface area contributed by atoms with Crippen molar-refractivity contribution in [2.75, 3.05) is 5.32 Å². The summed E-state index contributed by atoms with van der Waals surface area (Å²) in [6, 6.07) is 4.08. The minimum absolute atomic E-state index is 0.0445. The van der Waals surface area contributed by atoms with E-state index in [1.807, 2.05) is 23.7 Å². The normalized spacial score (nSPS) is 22.1. The van der Waals surface area contributed by atoms with Crippen molar-refractivity contribution in [3.8, 4) is 0 Å². The number of rotatable bonds is 5. The molecule has 3 N–H and O–H groups in total. The second kappa shape index (κ2) is 7.50. The average molecular weight is 438 g/mol. The Labute approximate surface area is 187 Å². The Hall–Kier alpha value is -3.10. The van der Waals surface area contributed by atoms with Crippen molar-refractivity contribution in [2.24, 2.45) is 0 Å². The lowest BCUT2D eigenvalue weighted by atomic mass is 9.92. The highest BCUT2D eigenvalue weighted by atomic mass is 16.6. The number of hydrogen-bond donors (Lipinski definition) is 3. The number of H-pyrrole nitrogens is 1. The van der Waals surface area contributed by atoms with E-state index in [2.05, 4.69) is 57.8 Å². The fraction of sp³-hybridized carbons (Fsp3) is 0.565. The highest BCUT2D eigenvalue weighted by Crippen LogP contribution is 2.37. The number of ether oxygens (including phenoxy) is 1. The van der Waals surface area contributed by atoms with Gasteiger partial charge in [0.1, 0.15) is 11.6 Å². The number of carbonyl (C=O) groups is 1. The van der Waals surface area contributed by atoms with E-state index in [0.29, 0.717) is 17.6 Å². The SMILES string of the molecule is CC1(NC(=O)OC2CCC(c3cc(Nc4nccn5nc(C(C)(C)C)cc45)n[nH]3)C2)CC1. The number of carbonyl (C=O) groups excluding carboxylic acids is 1. The first kappa shape index (κ1) is 20.8. The summed E-state index contributed by atoms with van der Waals surface area (Å²) in [6.45, 7) is 8.48. The number of aromatic nitrogens is 5. The van der Waals surface area contributed by atoms with E-state index in [1.165, 1.54) is 0 Å². The van der Waals surface area contributed by atoms with Gasteiger partial charge in [0.15, 0.2) is 11.6 Å². The second-order valence-electron chi connectivity index (χ2n) is 10.4. The van der Waals surface area contributed by atoms with E-state index in [0.717, 1.165) is 49.0 Å². The van der Waals surface area contributed by atoms with Gasteiger partial charge in [-0.3, -0.25) is 5.10 Å². The van der Waals surface area contributed by atoms with Crippen molar-refractivity contribution in [1.82, 2.24) is 30.1 Å². The summed E-state index contributed by atoms with van der Waals surface area (Å²) in [4.78, 5) is 16.6. The maximum absolute atomic E-state index is 12.1. The van der Waals surface area contributed by atoms with Gasteiger partial charge in [0.05, 0.1) is 5.69 Å². The van der Waals surface area contributed by atoms with E-state index in [9.17, 15) is 4.79 Å². The summed E-state index contributed by atoms with van der Waals surface area (Å²) < 4.78 is 7.48. The minimum atomic E-state index is -0.294. The van der Waals surface area contributed by atoms with Gasteiger partial charge >= 0.3 is 6.09 Å². The first-order valence-electron chi connectivity index (χ1n) is 11.3. The van der Waals surface area contributed by atoms with Gasteiger partial charge in [-0.15, -0.1) is 0 Å². The molecule has 2 saturated carbocycles. The maximum Gasteiger partial charge on any atom is 0.407 e. The molecule has 5 rings (SSSR count). The van der Waals surface area contributed by atoms with Crippen LogP contribution in [-0.4, -0.2) is 42.5 Å². The Balaban J connectivity index is 1.24. The first-order valence-corrected chi connectivity index (χ1v) is 11.3. The molecule has 2 aliphatic rings. The topological polar surface area (TPSA) is 109 Å². The van der Waals surface area contributed by atoms with E-state index >= 15 is 0 Å². The molecule has 170 valence electrons. The highest BCUT2D eigenvalue weighted by Gasteiger charge is 2.40. The molecule has 0 saturated heterocycles. The Kier molecular flexibility index (Phi) is 4.87. The Morgan fingerprint density at radius 1 is 1.28 bits per heavy atom. The number of nitrogens with one attached hydrogen (secondary N) is 3. The lowest BCUT2D eigenvalue weighted by Gasteiger charge is -2.16. The van der Waals surface area contributed by atoms with E-state index in [1.54, 1.807) is 6.20 Å². The van der Waals surface area contributed by atoms with Gasteiger partial charge in [0.2, 0.25) is 0 Å². The molecule has 0 spiro atoms. The molecular formula is C23H31N7O2. The Morgan fingerprint density at radius 2 is 2.09 bits per heavy atom. The smallest absolute Gasteiger partial charge is 0.407 e. The number of amides is 1. The monoisotopic (exact) mass is 437 g/mol. The number of nitrogens with zero attached hydrogens (tertiary/aromatic N) is 4. The van der Waals surface area contributed by atoms with Gasteiger partial charge in [-0.2, -0.15) is 10.2 Å². The third-order valence-corrected chi connectivity index (χ3v) is 6.50. The number of hydrogen-bond acceptors (Lipinski definition) is 6. The fourth-order valence-corrected chi connectivity index (χ4v) is 4.19. The van der Waals surface area contributed by atoms with Crippen LogP contribution in [0.25, 0.3) is 5.52 Å². The van der Waals surface area contributed by atoms with Crippen LogP contribution >= 0.6 is 0 Å². The van der Waals surface area contributed by atoms with E-state index in [4.69, 9.17) is 4.74 Å². The lowest BCUT2D eigenvalue weighted by molar-refractivity contribution is 0.0967. The van der Waals surface area contributed by atoms with E-state index in [-0.39, 0.29) is 23.2 Å². The van der Waals surface area contributed by atoms with Crippen LogP contribution in [0.2, 0.25) is 0 Å². The minimum Gasteiger partial charge on any atom is -0.446 e. The van der Waals surface area contributed by atoms with Crippen LogP contribution in [0.4, 0.5) is 16.4 Å². The summed E-state index contributed by atoms with van der Waals surface area (Å²) in [5, 5.41) is 18.5. The van der Waals surface area contributed by atoms with Crippen molar-refractivity contribution < 1.29 is 9.53 Å². The predicted molar refractivity (Wildman–Crippen MR) is 121 cm³/mol. The molecule has 0 aliphatic heterocycles. The standard InChI is InChI=1S/C23H31N7O2/c1-22(2,3)18-13-17-20(24-9-10-30(17)29-18)25-19-12-16(27-28-19)14-5-6-15(11-14)32-21(31)26-23(4)7-8-23/h9-10,12-15H,5-8,11H2,1-4H3,(H,26,31)(H2,24,25,27,28). The molecule has 2 fully saturated rings. The summed E-state index contributed by atoms with van der Waals surface area (Å²) in [7, 11) is 0. The summed E-state index contributed by atoms with van der Waals surface area (Å²) in [5.74, 6) is 1.72. The van der Waals surface area contributed by atoms with Crippen LogP contribution < -0.4 is 10.6 Å². The van der Waals surface area contributed by atoms with E-state index < -0.39 is 0 Å². The van der Waals surface area contributed by atoms with Crippen molar-refractivity contribution in [3.05, 3.63) is 35.9 Å². The zero-order valence-electron chi connectivity index (χ0n) is 19.1. The van der Waals surface area contributed by atoms with Crippen LogP contribution in [0.15, 0.2) is 24.5 Å². The van der Waals surface area contributed by atoms with Gasteiger partial charge in [-0.25, -0.2) is 14.3 Å². The molecule has 3 aromatic heterocycles. The summed E-state index contributed by atoms with van der Waals surface area (Å²) in [6.07, 6.45) is 7.91. The molecular weight excluding hydrogens is 406 g/mol. The third kappa shape index (κ3) is 4.28.